The first-order valence-electron chi connectivity index (χ1n) is 6.06. The van der Waals surface area contributed by atoms with Gasteiger partial charge >= 0.3 is 0 Å². The lowest BCUT2D eigenvalue weighted by Gasteiger charge is -2.37. The zero-order valence-electron chi connectivity index (χ0n) is 11.0. The number of rotatable bonds is 3. The van der Waals surface area contributed by atoms with E-state index in [4.69, 9.17) is 4.79 Å². The van der Waals surface area contributed by atoms with Crippen molar-refractivity contribution in [3.63, 3.8) is 0 Å². The fourth-order valence-corrected chi connectivity index (χ4v) is 2.11. The minimum Gasteiger partial charge on any atom is -0.471 e. The van der Waals surface area contributed by atoms with Crippen molar-refractivity contribution in [2.75, 3.05) is 27.2 Å². The molecule has 1 aliphatic heterocycles. The monoisotopic (exact) mass is 251 g/mol. The largest absolute Gasteiger partial charge is 0.471 e. The van der Waals surface area contributed by atoms with Crippen molar-refractivity contribution < 1.29 is 9.53 Å². The van der Waals surface area contributed by atoms with E-state index in [0.717, 1.165) is 25.2 Å². The molecule has 100 valence electrons. The number of likely N-dealkylation sites (N-methyl/N-ethyl adjacent to an activating group) is 1. The third-order valence-electron chi connectivity index (χ3n) is 3.11. The molecule has 1 fully saturated rings. The molecule has 1 atom stereocenters. The van der Waals surface area contributed by atoms with E-state index in [9.17, 15) is 0 Å². The zero-order valence-corrected chi connectivity index (χ0v) is 11.0. The van der Waals surface area contributed by atoms with Crippen LogP contribution in [-0.4, -0.2) is 38.7 Å². The highest BCUT2D eigenvalue weighted by Gasteiger charge is 2.32. The lowest BCUT2D eigenvalue weighted by atomic mass is 9.86. The van der Waals surface area contributed by atoms with Crippen molar-refractivity contribution in [3.05, 3.63) is 30.1 Å². The van der Waals surface area contributed by atoms with Crippen LogP contribution in [0.4, 0.5) is 0 Å². The highest BCUT2D eigenvalue weighted by Crippen LogP contribution is 2.25. The van der Waals surface area contributed by atoms with Crippen LogP contribution in [0, 0.1) is 0 Å². The Morgan fingerprint density at radius 3 is 2.78 bits per heavy atom. The number of hydrogen-bond donors (Lipinski definition) is 2. The number of carbonyl (C=O) groups excluding carboxylic acids is 1. The minimum atomic E-state index is 0.0412. The van der Waals surface area contributed by atoms with Gasteiger partial charge in [-0.3, -0.25) is 9.78 Å². The third kappa shape index (κ3) is 3.78. The van der Waals surface area contributed by atoms with Crippen molar-refractivity contribution in [3.8, 4) is 0 Å². The van der Waals surface area contributed by atoms with Gasteiger partial charge in [-0.1, -0.05) is 6.07 Å². The van der Waals surface area contributed by atoms with Gasteiger partial charge in [-0.15, -0.1) is 0 Å². The minimum absolute atomic E-state index is 0.0412. The molecule has 18 heavy (non-hydrogen) atoms. The molecule has 1 aromatic rings. The Morgan fingerprint density at radius 1 is 1.56 bits per heavy atom. The smallest absolute Gasteiger partial charge is 0.292 e. The Bertz CT molecular complexity index is 337. The average molecular weight is 251 g/mol. The van der Waals surface area contributed by atoms with Crippen molar-refractivity contribution in [2.45, 2.75) is 18.4 Å². The zero-order chi connectivity index (χ0) is 13.3. The maximum absolute atomic E-state index is 8.95. The lowest BCUT2D eigenvalue weighted by molar-refractivity contribution is -0.126. The highest BCUT2D eigenvalue weighted by molar-refractivity contribution is 5.36. The Kier molecular flexibility index (Phi) is 6.32. The topological polar surface area (TPSA) is 63.3 Å². The molecule has 1 saturated heterocycles. The van der Waals surface area contributed by atoms with Gasteiger partial charge in [0.05, 0.1) is 18.3 Å². The van der Waals surface area contributed by atoms with E-state index in [1.807, 2.05) is 19.3 Å². The second kappa shape index (κ2) is 7.79. The van der Waals surface area contributed by atoms with Crippen LogP contribution in [0.3, 0.4) is 0 Å². The second-order valence-electron chi connectivity index (χ2n) is 4.16. The molecular formula is C13H21N3O2. The predicted octanol–water partition coefficient (Wildman–Crippen LogP) is 0.669. The number of ether oxygens (including phenoxy) is 1. The summed E-state index contributed by atoms with van der Waals surface area (Å²) in [6.45, 7) is 2.47. The second-order valence-corrected chi connectivity index (χ2v) is 4.16. The molecule has 5 heteroatoms. The Labute approximate surface area is 108 Å². The quantitative estimate of drug-likeness (QED) is 0.773. The molecule has 0 amide bonds. The van der Waals surface area contributed by atoms with Gasteiger partial charge in [0.1, 0.15) is 0 Å². The summed E-state index contributed by atoms with van der Waals surface area (Å²) in [5, 5.41) is 6.83. The number of nitrogens with one attached hydrogen (secondary N) is 2. The van der Waals surface area contributed by atoms with Crippen LogP contribution in [0.25, 0.3) is 0 Å². The molecule has 2 heterocycles. The summed E-state index contributed by atoms with van der Waals surface area (Å²) in [7, 11) is 3.33. The molecule has 1 aromatic heterocycles. The van der Waals surface area contributed by atoms with E-state index in [2.05, 4.69) is 32.5 Å². The maximum atomic E-state index is 8.95. The third-order valence-corrected chi connectivity index (χ3v) is 3.11. The van der Waals surface area contributed by atoms with Gasteiger partial charge in [0.2, 0.25) is 0 Å². The Morgan fingerprint density at radius 2 is 2.33 bits per heavy atom. The van der Waals surface area contributed by atoms with Crippen LogP contribution in [-0.2, 0) is 15.1 Å². The van der Waals surface area contributed by atoms with Crippen LogP contribution in [0.2, 0.25) is 0 Å². The molecular weight excluding hydrogens is 230 g/mol. The molecule has 0 radical (unpaired) electrons. The molecule has 0 aromatic carbocycles. The fraction of sp³-hybridized carbons (Fsp3) is 0.538. The number of hydrogen-bond acceptors (Lipinski definition) is 5. The number of pyridine rings is 1. The van der Waals surface area contributed by atoms with Crippen LogP contribution in [0.1, 0.15) is 18.5 Å². The summed E-state index contributed by atoms with van der Waals surface area (Å²) in [5.41, 5.74) is 1.19. The number of aromatic nitrogens is 1. The Balaban J connectivity index is 0.000000357. The van der Waals surface area contributed by atoms with Gasteiger partial charge in [-0.2, -0.15) is 0 Å². The van der Waals surface area contributed by atoms with E-state index < -0.39 is 0 Å². The molecule has 0 spiro atoms. The van der Waals surface area contributed by atoms with Crippen molar-refractivity contribution in [2.24, 2.45) is 0 Å². The predicted molar refractivity (Wildman–Crippen MR) is 70.2 cm³/mol. The van der Waals surface area contributed by atoms with Gasteiger partial charge in [-0.25, -0.2) is 0 Å². The summed E-state index contributed by atoms with van der Waals surface area (Å²) >= 11 is 0. The lowest BCUT2D eigenvalue weighted by Crippen LogP contribution is -2.52. The molecule has 1 aliphatic rings. The SMILES string of the molecule is CNC1(c2ccccn2)CCCNC1.COC=O. The van der Waals surface area contributed by atoms with E-state index in [-0.39, 0.29) is 5.54 Å². The van der Waals surface area contributed by atoms with Crippen molar-refractivity contribution in [1.82, 2.24) is 15.6 Å². The fourth-order valence-electron chi connectivity index (χ4n) is 2.11. The van der Waals surface area contributed by atoms with Gasteiger partial charge in [0, 0.05) is 12.7 Å². The van der Waals surface area contributed by atoms with E-state index in [1.165, 1.54) is 13.5 Å². The van der Waals surface area contributed by atoms with E-state index in [0.29, 0.717) is 6.47 Å². The van der Waals surface area contributed by atoms with Crippen molar-refractivity contribution >= 4 is 6.47 Å². The summed E-state index contributed by atoms with van der Waals surface area (Å²) in [6.07, 6.45) is 4.23. The summed E-state index contributed by atoms with van der Waals surface area (Å²) < 4.78 is 3.86. The molecule has 2 rings (SSSR count). The molecule has 0 saturated carbocycles. The number of piperidine rings is 1. The standard InChI is InChI=1S/C11H17N3.C2H4O2/c1-12-11(6-4-7-13-9-11)10-5-2-3-8-14-10;1-4-2-3/h2-3,5,8,12-13H,4,6-7,9H2,1H3;2H,1H3. The van der Waals surface area contributed by atoms with E-state index in [1.54, 1.807) is 0 Å². The Hall–Kier alpha value is -1.46. The first-order valence-corrected chi connectivity index (χ1v) is 6.06. The highest BCUT2D eigenvalue weighted by atomic mass is 16.5. The van der Waals surface area contributed by atoms with Gasteiger partial charge in [0.15, 0.2) is 0 Å². The van der Waals surface area contributed by atoms with Crippen LogP contribution >= 0.6 is 0 Å². The summed E-state index contributed by atoms with van der Waals surface area (Å²) in [4.78, 5) is 13.4. The number of nitrogens with zero attached hydrogens (tertiary/aromatic N) is 1. The molecule has 0 aliphatic carbocycles. The number of methoxy groups -OCH3 is 1. The van der Waals surface area contributed by atoms with Crippen LogP contribution in [0.15, 0.2) is 24.4 Å². The summed E-state index contributed by atoms with van der Waals surface area (Å²) in [5.74, 6) is 0. The molecule has 2 N–H and O–H groups in total. The van der Waals surface area contributed by atoms with Crippen LogP contribution in [0.5, 0.6) is 0 Å². The van der Waals surface area contributed by atoms with Gasteiger partial charge < -0.3 is 15.4 Å². The molecule has 0 bridgehead atoms. The van der Waals surface area contributed by atoms with Crippen molar-refractivity contribution in [1.29, 1.82) is 0 Å². The number of carbonyl (C=O) groups is 1. The average Bonchev–Trinajstić information content (AvgIpc) is 2.49. The maximum Gasteiger partial charge on any atom is 0.292 e. The first-order chi connectivity index (χ1) is 8.79. The van der Waals surface area contributed by atoms with Crippen LogP contribution < -0.4 is 10.6 Å². The molecule has 1 unspecified atom stereocenters. The van der Waals surface area contributed by atoms with Gasteiger partial charge in [0.25, 0.3) is 6.47 Å². The normalized spacial score (nSPS) is 22.6. The summed E-state index contributed by atoms with van der Waals surface area (Å²) in [6, 6.07) is 6.11. The van der Waals surface area contributed by atoms with Gasteiger partial charge in [-0.05, 0) is 38.6 Å². The first kappa shape index (κ1) is 14.6. The van der Waals surface area contributed by atoms with E-state index >= 15 is 0 Å². The molecule has 5 nitrogen and oxygen atoms in total.